The first-order valence-electron chi connectivity index (χ1n) is 16.5. The Balaban J connectivity index is 1.44. The van der Waals surface area contributed by atoms with E-state index in [2.05, 4.69) is 23.7 Å². The number of alkyl halides is 3. The lowest BCUT2D eigenvalue weighted by atomic mass is 10.1. The van der Waals surface area contributed by atoms with Gasteiger partial charge in [0, 0.05) is 24.7 Å². The molecule has 0 atom stereocenters. The SMILES string of the molecule is CCCOc1cc(OCCCN(CC)CC)cc2[nH]c(-c3ccc(Oc4ccc(Cl)c(C(F)(F)F)c4)cc3OCC3CCCC3)nc12. The van der Waals surface area contributed by atoms with Crippen molar-refractivity contribution in [2.24, 2.45) is 5.92 Å². The number of benzene rings is 3. The van der Waals surface area contributed by atoms with Crippen LogP contribution >= 0.6 is 11.6 Å². The van der Waals surface area contributed by atoms with Gasteiger partial charge in [0.1, 0.15) is 34.3 Å². The number of nitrogens with one attached hydrogen (secondary N) is 1. The quantitative estimate of drug-likeness (QED) is 0.119. The third-order valence-corrected chi connectivity index (χ3v) is 8.73. The van der Waals surface area contributed by atoms with Crippen LogP contribution in [0.5, 0.6) is 28.7 Å². The highest BCUT2D eigenvalue weighted by Crippen LogP contribution is 2.40. The molecule has 0 amide bonds. The summed E-state index contributed by atoms with van der Waals surface area (Å²) in [5.41, 5.74) is 1.17. The molecule has 254 valence electrons. The number of rotatable bonds is 16. The highest BCUT2D eigenvalue weighted by atomic mass is 35.5. The second-order valence-corrected chi connectivity index (χ2v) is 12.2. The molecule has 1 aliphatic carbocycles. The van der Waals surface area contributed by atoms with E-state index in [-0.39, 0.29) is 10.8 Å². The van der Waals surface area contributed by atoms with Gasteiger partial charge in [0.25, 0.3) is 0 Å². The Morgan fingerprint density at radius 3 is 2.32 bits per heavy atom. The third kappa shape index (κ3) is 9.05. The largest absolute Gasteiger partial charge is 0.493 e. The number of aromatic amines is 1. The van der Waals surface area contributed by atoms with Crippen LogP contribution in [0, 0.1) is 5.92 Å². The van der Waals surface area contributed by atoms with Crippen molar-refractivity contribution in [3.8, 4) is 40.1 Å². The van der Waals surface area contributed by atoms with E-state index in [1.165, 1.54) is 25.0 Å². The van der Waals surface area contributed by atoms with E-state index in [4.69, 9.17) is 35.5 Å². The number of nitrogens with zero attached hydrogens (tertiary/aromatic N) is 2. The molecule has 1 N–H and O–H groups in total. The van der Waals surface area contributed by atoms with Crippen molar-refractivity contribution >= 4 is 22.6 Å². The number of H-pyrrole nitrogens is 1. The van der Waals surface area contributed by atoms with Crippen molar-refractivity contribution in [3.63, 3.8) is 0 Å². The number of hydrogen-bond acceptors (Lipinski definition) is 6. The lowest BCUT2D eigenvalue weighted by Crippen LogP contribution is -2.25. The summed E-state index contributed by atoms with van der Waals surface area (Å²) in [5.74, 6) is 3.19. The molecule has 11 heteroatoms. The molecule has 4 aromatic rings. The molecule has 0 radical (unpaired) electrons. The molecule has 47 heavy (non-hydrogen) atoms. The van der Waals surface area contributed by atoms with E-state index in [0.29, 0.717) is 65.6 Å². The van der Waals surface area contributed by atoms with Gasteiger partial charge < -0.3 is 28.8 Å². The Hall–Kier alpha value is -3.63. The van der Waals surface area contributed by atoms with Crippen LogP contribution in [-0.2, 0) is 6.18 Å². The summed E-state index contributed by atoms with van der Waals surface area (Å²) in [6.45, 7) is 11.0. The van der Waals surface area contributed by atoms with Crippen molar-refractivity contribution in [2.45, 2.75) is 65.5 Å². The lowest BCUT2D eigenvalue weighted by molar-refractivity contribution is -0.137. The number of hydrogen-bond donors (Lipinski definition) is 1. The fourth-order valence-corrected chi connectivity index (χ4v) is 6.02. The van der Waals surface area contributed by atoms with Crippen LogP contribution in [0.15, 0.2) is 48.5 Å². The molecule has 7 nitrogen and oxygen atoms in total. The van der Waals surface area contributed by atoms with E-state index < -0.39 is 11.7 Å². The van der Waals surface area contributed by atoms with E-state index in [0.717, 1.165) is 56.9 Å². The standard InChI is InChI=1S/C36H43ClF3N3O4/c1-4-17-45-33-22-27(44-18-9-16-43(5-2)6-3)20-31-34(33)42-35(41-31)28-14-12-26(21-32(28)46-23-24-10-7-8-11-24)47-25-13-15-30(37)29(19-25)36(38,39)40/h12-15,19-22,24H,4-11,16-18,23H2,1-3H3,(H,41,42). The van der Waals surface area contributed by atoms with E-state index in [9.17, 15) is 13.2 Å². The second kappa shape index (κ2) is 16.0. The summed E-state index contributed by atoms with van der Waals surface area (Å²) in [4.78, 5) is 10.7. The molecular weight excluding hydrogens is 631 g/mol. The molecule has 0 unspecified atom stereocenters. The van der Waals surface area contributed by atoms with Gasteiger partial charge in [-0.25, -0.2) is 4.98 Å². The highest BCUT2D eigenvalue weighted by Gasteiger charge is 2.33. The zero-order chi connectivity index (χ0) is 33.4. The molecule has 1 saturated carbocycles. The number of halogens is 4. The molecule has 1 fully saturated rings. The third-order valence-electron chi connectivity index (χ3n) is 8.41. The maximum Gasteiger partial charge on any atom is 0.417 e. The van der Waals surface area contributed by atoms with Crippen molar-refractivity contribution in [3.05, 3.63) is 59.1 Å². The van der Waals surface area contributed by atoms with Gasteiger partial charge in [0.05, 0.1) is 41.5 Å². The van der Waals surface area contributed by atoms with Crippen LogP contribution in [0.2, 0.25) is 5.02 Å². The normalized spacial score (nSPS) is 13.9. The molecule has 1 aromatic heterocycles. The van der Waals surface area contributed by atoms with Crippen LogP contribution in [0.4, 0.5) is 13.2 Å². The predicted octanol–water partition coefficient (Wildman–Crippen LogP) is 10.2. The minimum Gasteiger partial charge on any atom is -0.493 e. The fourth-order valence-electron chi connectivity index (χ4n) is 5.80. The van der Waals surface area contributed by atoms with Gasteiger partial charge in [-0.2, -0.15) is 13.2 Å². The summed E-state index contributed by atoms with van der Waals surface area (Å²) in [5, 5.41) is -0.388. The molecule has 3 aromatic carbocycles. The summed E-state index contributed by atoms with van der Waals surface area (Å²) in [7, 11) is 0. The Bertz CT molecular complexity index is 1620. The Morgan fingerprint density at radius 2 is 1.60 bits per heavy atom. The Labute approximate surface area is 279 Å². The van der Waals surface area contributed by atoms with Crippen molar-refractivity contribution in [2.75, 3.05) is 39.5 Å². The summed E-state index contributed by atoms with van der Waals surface area (Å²) >= 11 is 5.81. The van der Waals surface area contributed by atoms with E-state index in [1.54, 1.807) is 18.2 Å². The lowest BCUT2D eigenvalue weighted by Gasteiger charge is -2.17. The van der Waals surface area contributed by atoms with E-state index >= 15 is 0 Å². The molecule has 5 rings (SSSR count). The molecule has 1 heterocycles. The zero-order valence-corrected chi connectivity index (χ0v) is 28.0. The summed E-state index contributed by atoms with van der Waals surface area (Å²) < 4.78 is 64.9. The zero-order valence-electron chi connectivity index (χ0n) is 27.2. The molecule has 0 spiro atoms. The van der Waals surface area contributed by atoms with Gasteiger partial charge >= 0.3 is 6.18 Å². The minimum absolute atomic E-state index is 0.0160. The molecule has 0 bridgehead atoms. The van der Waals surface area contributed by atoms with Gasteiger partial charge in [-0.15, -0.1) is 0 Å². The maximum atomic E-state index is 13.5. The second-order valence-electron chi connectivity index (χ2n) is 11.8. The van der Waals surface area contributed by atoms with Crippen LogP contribution in [0.1, 0.15) is 64.9 Å². The molecular formula is C36H43ClF3N3O4. The van der Waals surface area contributed by atoms with Crippen molar-refractivity contribution in [1.82, 2.24) is 14.9 Å². The monoisotopic (exact) mass is 673 g/mol. The van der Waals surface area contributed by atoms with Gasteiger partial charge in [0.15, 0.2) is 5.75 Å². The number of imidazole rings is 1. The van der Waals surface area contributed by atoms with Crippen LogP contribution < -0.4 is 18.9 Å². The Morgan fingerprint density at radius 1 is 0.872 bits per heavy atom. The van der Waals surface area contributed by atoms with Gasteiger partial charge in [-0.05, 0) is 75.0 Å². The predicted molar refractivity (Wildman–Crippen MR) is 179 cm³/mol. The summed E-state index contributed by atoms with van der Waals surface area (Å²) in [6, 6.07) is 12.5. The highest BCUT2D eigenvalue weighted by molar-refractivity contribution is 6.31. The van der Waals surface area contributed by atoms with Crippen molar-refractivity contribution in [1.29, 1.82) is 0 Å². The average molecular weight is 674 g/mol. The van der Waals surface area contributed by atoms with Crippen LogP contribution in [0.3, 0.4) is 0 Å². The summed E-state index contributed by atoms with van der Waals surface area (Å²) in [6.07, 6.45) is 1.68. The van der Waals surface area contributed by atoms with Gasteiger partial charge in [-0.3, -0.25) is 0 Å². The van der Waals surface area contributed by atoms with Crippen LogP contribution in [0.25, 0.3) is 22.4 Å². The number of fused-ring (bicyclic) bond motifs is 1. The first-order chi connectivity index (χ1) is 22.7. The number of aromatic nitrogens is 2. The van der Waals surface area contributed by atoms with Gasteiger partial charge in [0.2, 0.25) is 0 Å². The van der Waals surface area contributed by atoms with Crippen LogP contribution in [-0.4, -0.2) is 54.3 Å². The Kier molecular flexibility index (Phi) is 11.8. The smallest absolute Gasteiger partial charge is 0.417 e. The molecule has 0 aliphatic heterocycles. The van der Waals surface area contributed by atoms with Gasteiger partial charge in [-0.1, -0.05) is 45.2 Å². The maximum absolute atomic E-state index is 13.5. The van der Waals surface area contributed by atoms with E-state index in [1.807, 2.05) is 19.1 Å². The molecule has 1 aliphatic rings. The minimum atomic E-state index is -4.60. The average Bonchev–Trinajstić information content (AvgIpc) is 3.74. The fraction of sp³-hybridized carbons (Fsp3) is 0.472. The number of ether oxygens (including phenoxy) is 4. The molecule has 0 saturated heterocycles. The first-order valence-corrected chi connectivity index (χ1v) is 16.9. The van der Waals surface area contributed by atoms with Crippen molar-refractivity contribution < 1.29 is 32.1 Å². The first kappa shape index (κ1) is 34.7. The topological polar surface area (TPSA) is 68.8 Å².